The number of nitrogens with one attached hydrogen (secondary N) is 1. The van der Waals surface area contributed by atoms with Crippen LogP contribution in [-0.2, 0) is 6.54 Å². The van der Waals surface area contributed by atoms with Gasteiger partial charge in [-0.1, -0.05) is 24.3 Å². The molecule has 2 aromatic heterocycles. The van der Waals surface area contributed by atoms with Gasteiger partial charge in [0.1, 0.15) is 5.76 Å². The summed E-state index contributed by atoms with van der Waals surface area (Å²) in [6, 6.07) is 6.55. The van der Waals surface area contributed by atoms with Gasteiger partial charge in [-0.25, -0.2) is 4.98 Å². The van der Waals surface area contributed by atoms with Crippen LogP contribution in [0.2, 0.25) is 0 Å². The number of nitrogens with zero attached hydrogens (tertiary/aromatic N) is 2. The van der Waals surface area contributed by atoms with Crippen LogP contribution in [0.3, 0.4) is 0 Å². The van der Waals surface area contributed by atoms with Gasteiger partial charge in [0.15, 0.2) is 11.5 Å². The van der Waals surface area contributed by atoms with E-state index < -0.39 is 5.91 Å². The predicted octanol–water partition coefficient (Wildman–Crippen LogP) is 1.99. The minimum absolute atomic E-state index is 0.0475. The van der Waals surface area contributed by atoms with Crippen molar-refractivity contribution in [2.45, 2.75) is 13.5 Å². The van der Waals surface area contributed by atoms with Gasteiger partial charge in [-0.3, -0.25) is 14.4 Å². The first-order valence-corrected chi connectivity index (χ1v) is 8.13. The molecule has 130 valence electrons. The van der Waals surface area contributed by atoms with Crippen LogP contribution < -0.4 is 5.32 Å². The molecule has 0 unspecified atom stereocenters. The zero-order chi connectivity index (χ0) is 18.3. The molecule has 7 heteroatoms. The summed E-state index contributed by atoms with van der Waals surface area (Å²) in [6.45, 7) is 2.47. The number of carbonyl (C=O) groups is 3. The topological polar surface area (TPSA) is 94.2 Å². The summed E-state index contributed by atoms with van der Waals surface area (Å²) in [4.78, 5) is 42.0. The molecule has 26 heavy (non-hydrogen) atoms. The maximum absolute atomic E-state index is 12.8. The number of amides is 1. The monoisotopic (exact) mass is 349 g/mol. The Morgan fingerprint density at radius 1 is 1.19 bits per heavy atom. The van der Waals surface area contributed by atoms with Crippen LogP contribution in [0.15, 0.2) is 47.4 Å². The molecule has 7 nitrogen and oxygen atoms in total. The second kappa shape index (κ2) is 6.11. The second-order valence-corrected chi connectivity index (χ2v) is 6.00. The molecule has 0 bridgehead atoms. The number of furan rings is 1. The summed E-state index contributed by atoms with van der Waals surface area (Å²) in [7, 11) is 0. The highest BCUT2D eigenvalue weighted by Crippen LogP contribution is 2.33. The third-order valence-corrected chi connectivity index (χ3v) is 4.38. The number of rotatable bonds is 4. The molecule has 1 aliphatic carbocycles. The molecule has 0 atom stereocenters. The Bertz CT molecular complexity index is 1030. The molecular weight excluding hydrogens is 334 g/mol. The number of aryl methyl sites for hydroxylation is 1. The molecule has 2 heterocycles. The lowest BCUT2D eigenvalue weighted by atomic mass is 9.86. The van der Waals surface area contributed by atoms with Crippen LogP contribution in [-0.4, -0.2) is 33.6 Å². The van der Waals surface area contributed by atoms with Crippen LogP contribution in [0.25, 0.3) is 0 Å². The first-order chi connectivity index (χ1) is 12.6. The normalized spacial score (nSPS) is 12.7. The SMILES string of the molecule is Cc1oc2c(c1C(=O)NCCn1ccnc1)C(=O)c1ccccc1C2=O. The summed E-state index contributed by atoms with van der Waals surface area (Å²) in [5, 5.41) is 2.76. The Kier molecular flexibility index (Phi) is 3.76. The molecule has 0 saturated heterocycles. The predicted molar refractivity (Wildman–Crippen MR) is 91.3 cm³/mol. The average Bonchev–Trinajstić information content (AvgIpc) is 3.27. The Balaban J connectivity index is 1.64. The van der Waals surface area contributed by atoms with Gasteiger partial charge in [0, 0.05) is 36.6 Å². The Labute approximate surface area is 148 Å². The van der Waals surface area contributed by atoms with Crippen LogP contribution in [0.4, 0.5) is 0 Å². The van der Waals surface area contributed by atoms with Crippen molar-refractivity contribution in [1.82, 2.24) is 14.9 Å². The molecular formula is C19H15N3O4. The quantitative estimate of drug-likeness (QED) is 0.608. The van der Waals surface area contributed by atoms with E-state index >= 15 is 0 Å². The Hall–Kier alpha value is -3.48. The Morgan fingerprint density at radius 2 is 1.92 bits per heavy atom. The van der Waals surface area contributed by atoms with Gasteiger partial charge in [-0.05, 0) is 6.92 Å². The number of benzene rings is 1. The zero-order valence-electron chi connectivity index (χ0n) is 14.0. The molecule has 4 rings (SSSR count). The molecule has 0 aliphatic heterocycles. The first-order valence-electron chi connectivity index (χ1n) is 8.13. The van der Waals surface area contributed by atoms with E-state index in [0.717, 1.165) is 0 Å². The van der Waals surface area contributed by atoms with E-state index in [0.29, 0.717) is 24.2 Å². The lowest BCUT2D eigenvalue weighted by Crippen LogP contribution is -2.30. The molecule has 1 amide bonds. The highest BCUT2D eigenvalue weighted by Gasteiger charge is 2.38. The fourth-order valence-corrected chi connectivity index (χ4v) is 3.14. The first kappa shape index (κ1) is 16.0. The van der Waals surface area contributed by atoms with E-state index in [4.69, 9.17) is 4.42 Å². The minimum Gasteiger partial charge on any atom is -0.456 e. The average molecular weight is 349 g/mol. The number of imidazole rings is 1. The summed E-state index contributed by atoms with van der Waals surface area (Å²) in [6.07, 6.45) is 5.09. The molecule has 0 saturated carbocycles. The van der Waals surface area contributed by atoms with Crippen LogP contribution >= 0.6 is 0 Å². The van der Waals surface area contributed by atoms with Crippen molar-refractivity contribution in [3.63, 3.8) is 0 Å². The van der Waals surface area contributed by atoms with Crippen molar-refractivity contribution in [3.05, 3.63) is 76.8 Å². The van der Waals surface area contributed by atoms with Crippen LogP contribution in [0, 0.1) is 6.92 Å². The van der Waals surface area contributed by atoms with Crippen molar-refractivity contribution < 1.29 is 18.8 Å². The summed E-state index contributed by atoms with van der Waals surface area (Å²) in [5.74, 6) is -0.994. The highest BCUT2D eigenvalue weighted by molar-refractivity contribution is 6.30. The van der Waals surface area contributed by atoms with Gasteiger partial charge in [0.2, 0.25) is 5.78 Å². The van der Waals surface area contributed by atoms with Gasteiger partial charge in [0.05, 0.1) is 17.5 Å². The largest absolute Gasteiger partial charge is 0.456 e. The zero-order valence-corrected chi connectivity index (χ0v) is 14.0. The van der Waals surface area contributed by atoms with Crippen molar-refractivity contribution >= 4 is 17.5 Å². The lowest BCUT2D eigenvalue weighted by Gasteiger charge is -2.13. The van der Waals surface area contributed by atoms with Gasteiger partial charge < -0.3 is 14.3 Å². The van der Waals surface area contributed by atoms with Gasteiger partial charge >= 0.3 is 0 Å². The molecule has 1 N–H and O–H groups in total. The number of hydrogen-bond acceptors (Lipinski definition) is 5. The Morgan fingerprint density at radius 3 is 2.62 bits per heavy atom. The number of ketones is 2. The van der Waals surface area contributed by atoms with Crippen molar-refractivity contribution in [1.29, 1.82) is 0 Å². The summed E-state index contributed by atoms with van der Waals surface area (Å²) < 4.78 is 7.33. The van der Waals surface area contributed by atoms with Gasteiger partial charge in [-0.15, -0.1) is 0 Å². The number of carbonyl (C=O) groups excluding carboxylic acids is 3. The molecule has 3 aromatic rings. The number of fused-ring (bicyclic) bond motifs is 2. The van der Waals surface area contributed by atoms with E-state index in [-0.39, 0.29) is 34.2 Å². The molecule has 0 fully saturated rings. The fraction of sp³-hybridized carbons (Fsp3) is 0.158. The summed E-state index contributed by atoms with van der Waals surface area (Å²) in [5.41, 5.74) is 0.758. The number of aromatic nitrogens is 2. The summed E-state index contributed by atoms with van der Waals surface area (Å²) >= 11 is 0. The van der Waals surface area contributed by atoms with E-state index in [9.17, 15) is 14.4 Å². The molecule has 0 radical (unpaired) electrons. The highest BCUT2D eigenvalue weighted by atomic mass is 16.4. The van der Waals surface area contributed by atoms with Gasteiger partial charge in [0.25, 0.3) is 5.91 Å². The third kappa shape index (κ3) is 2.45. The number of hydrogen-bond donors (Lipinski definition) is 1. The van der Waals surface area contributed by atoms with Gasteiger partial charge in [-0.2, -0.15) is 0 Å². The molecule has 1 aliphatic rings. The van der Waals surface area contributed by atoms with Crippen molar-refractivity contribution in [3.8, 4) is 0 Å². The lowest BCUT2D eigenvalue weighted by molar-refractivity contribution is 0.0937. The maximum Gasteiger partial charge on any atom is 0.255 e. The fourth-order valence-electron chi connectivity index (χ4n) is 3.14. The van der Waals surface area contributed by atoms with E-state index in [1.54, 1.807) is 49.9 Å². The maximum atomic E-state index is 12.8. The van der Waals surface area contributed by atoms with E-state index in [1.165, 1.54) is 0 Å². The minimum atomic E-state index is -0.437. The smallest absolute Gasteiger partial charge is 0.255 e. The standard InChI is InChI=1S/C19H15N3O4/c1-11-14(19(25)21-7-9-22-8-6-20-10-22)15-16(23)12-4-2-3-5-13(12)17(24)18(15)26-11/h2-6,8,10H,7,9H2,1H3,(H,21,25). The van der Waals surface area contributed by atoms with Crippen molar-refractivity contribution in [2.24, 2.45) is 0 Å². The van der Waals surface area contributed by atoms with Crippen molar-refractivity contribution in [2.75, 3.05) is 6.54 Å². The van der Waals surface area contributed by atoms with Crippen LogP contribution in [0.5, 0.6) is 0 Å². The second-order valence-electron chi connectivity index (χ2n) is 6.00. The molecule has 0 spiro atoms. The third-order valence-electron chi connectivity index (χ3n) is 4.38. The van der Waals surface area contributed by atoms with Crippen LogP contribution in [0.1, 0.15) is 48.2 Å². The van der Waals surface area contributed by atoms with E-state index in [1.807, 2.05) is 4.57 Å². The molecule has 1 aromatic carbocycles. The van der Waals surface area contributed by atoms with E-state index in [2.05, 4.69) is 10.3 Å².